The number of hydrogen-bond acceptors (Lipinski definition) is 6. The maximum absolute atomic E-state index is 12.7. The second-order valence-corrected chi connectivity index (χ2v) is 6.95. The van der Waals surface area contributed by atoms with Gasteiger partial charge in [0.2, 0.25) is 11.8 Å². The second kappa shape index (κ2) is 8.09. The van der Waals surface area contributed by atoms with E-state index < -0.39 is 11.7 Å². The van der Waals surface area contributed by atoms with E-state index in [0.29, 0.717) is 34.4 Å². The number of nitrogens with one attached hydrogen (secondary N) is 1. The van der Waals surface area contributed by atoms with Crippen LogP contribution in [0.5, 0.6) is 0 Å². The summed E-state index contributed by atoms with van der Waals surface area (Å²) in [6, 6.07) is 4.41. The molecule has 10 heteroatoms. The maximum Gasteiger partial charge on any atom is 0.416 e. The molecule has 0 aliphatic carbocycles. The first kappa shape index (κ1) is 20.0. The standard InChI is InChI=1S/C18H17F3N4O2S/c1-3-14(16-22-10(2)27-25-16)24-15(26)8-13-9-28-17(23-13)11-4-6-12(7-5-11)18(19,20)21/h4-7,9,14H,3,8H2,1-2H3,(H,24,26)/t14-/m1/s1. The molecule has 2 heterocycles. The van der Waals surface area contributed by atoms with Crippen LogP contribution in [-0.2, 0) is 17.4 Å². The molecule has 0 aliphatic heterocycles. The Kier molecular flexibility index (Phi) is 5.78. The Morgan fingerprint density at radius 1 is 1.25 bits per heavy atom. The van der Waals surface area contributed by atoms with Crippen LogP contribution in [0.25, 0.3) is 10.6 Å². The lowest BCUT2D eigenvalue weighted by molar-refractivity contribution is -0.137. The van der Waals surface area contributed by atoms with Gasteiger partial charge < -0.3 is 9.84 Å². The molecule has 0 saturated carbocycles. The van der Waals surface area contributed by atoms with Gasteiger partial charge in [-0.1, -0.05) is 24.2 Å². The van der Waals surface area contributed by atoms with E-state index in [1.807, 2.05) is 6.92 Å². The molecule has 0 fully saturated rings. The third-order valence-corrected chi connectivity index (χ3v) is 4.89. The summed E-state index contributed by atoms with van der Waals surface area (Å²) in [6.07, 6.45) is -3.74. The van der Waals surface area contributed by atoms with Gasteiger partial charge in [0.25, 0.3) is 0 Å². The predicted octanol–water partition coefficient (Wildman–Crippen LogP) is 4.33. The summed E-state index contributed by atoms with van der Waals surface area (Å²) < 4.78 is 42.9. The Morgan fingerprint density at radius 2 is 1.96 bits per heavy atom. The molecule has 6 nitrogen and oxygen atoms in total. The third-order valence-electron chi connectivity index (χ3n) is 3.95. The zero-order valence-corrected chi connectivity index (χ0v) is 15.9. The van der Waals surface area contributed by atoms with Crippen molar-refractivity contribution < 1.29 is 22.5 Å². The van der Waals surface area contributed by atoms with Gasteiger partial charge in [-0.2, -0.15) is 18.2 Å². The van der Waals surface area contributed by atoms with E-state index in [1.54, 1.807) is 12.3 Å². The van der Waals surface area contributed by atoms with E-state index >= 15 is 0 Å². The highest BCUT2D eigenvalue weighted by atomic mass is 32.1. The molecule has 0 saturated heterocycles. The summed E-state index contributed by atoms with van der Waals surface area (Å²) in [6.45, 7) is 3.56. The van der Waals surface area contributed by atoms with Crippen LogP contribution >= 0.6 is 11.3 Å². The van der Waals surface area contributed by atoms with E-state index in [2.05, 4.69) is 20.4 Å². The van der Waals surface area contributed by atoms with Crippen molar-refractivity contribution >= 4 is 17.2 Å². The molecule has 28 heavy (non-hydrogen) atoms. The first-order valence-corrected chi connectivity index (χ1v) is 9.36. The number of halogens is 3. The number of alkyl halides is 3. The van der Waals surface area contributed by atoms with Crippen molar-refractivity contribution in [1.82, 2.24) is 20.4 Å². The quantitative estimate of drug-likeness (QED) is 0.654. The number of carbonyl (C=O) groups is 1. The number of rotatable bonds is 6. The third kappa shape index (κ3) is 4.75. The largest absolute Gasteiger partial charge is 0.416 e. The van der Waals surface area contributed by atoms with Gasteiger partial charge in [-0.3, -0.25) is 4.79 Å². The van der Waals surface area contributed by atoms with Gasteiger partial charge in [0.1, 0.15) is 5.01 Å². The van der Waals surface area contributed by atoms with Crippen LogP contribution in [0.3, 0.4) is 0 Å². The Morgan fingerprint density at radius 3 is 2.54 bits per heavy atom. The van der Waals surface area contributed by atoms with Crippen LogP contribution < -0.4 is 5.32 Å². The Bertz CT molecular complexity index is 950. The zero-order valence-electron chi connectivity index (χ0n) is 15.1. The van der Waals surface area contributed by atoms with Crippen molar-refractivity contribution in [2.45, 2.75) is 38.9 Å². The van der Waals surface area contributed by atoms with Gasteiger partial charge in [0.05, 0.1) is 23.7 Å². The van der Waals surface area contributed by atoms with Crippen LogP contribution in [-0.4, -0.2) is 21.0 Å². The predicted molar refractivity (Wildman–Crippen MR) is 96.5 cm³/mol. The molecule has 1 atom stereocenters. The molecule has 1 amide bonds. The molecule has 3 rings (SSSR count). The molecule has 1 aromatic carbocycles. The summed E-state index contributed by atoms with van der Waals surface area (Å²) >= 11 is 1.27. The average Bonchev–Trinajstić information content (AvgIpc) is 3.28. The monoisotopic (exact) mass is 410 g/mol. The molecular formula is C18H17F3N4O2S. The Balaban J connectivity index is 1.64. The fraction of sp³-hybridized carbons (Fsp3) is 0.333. The van der Waals surface area contributed by atoms with E-state index in [1.165, 1.54) is 23.5 Å². The Labute approximate surface area is 162 Å². The fourth-order valence-corrected chi connectivity index (χ4v) is 3.36. The highest BCUT2D eigenvalue weighted by molar-refractivity contribution is 7.13. The van der Waals surface area contributed by atoms with E-state index in [4.69, 9.17) is 4.52 Å². The van der Waals surface area contributed by atoms with Crippen molar-refractivity contribution in [3.8, 4) is 10.6 Å². The molecule has 148 valence electrons. The first-order chi connectivity index (χ1) is 13.3. The summed E-state index contributed by atoms with van der Waals surface area (Å²) in [5.41, 5.74) is 0.393. The minimum atomic E-state index is -4.38. The minimum Gasteiger partial charge on any atom is -0.346 e. The first-order valence-electron chi connectivity index (χ1n) is 8.48. The highest BCUT2D eigenvalue weighted by Gasteiger charge is 2.30. The number of aryl methyl sites for hydroxylation is 1. The summed E-state index contributed by atoms with van der Waals surface area (Å²) in [4.78, 5) is 20.8. The van der Waals surface area contributed by atoms with Gasteiger partial charge in [0.15, 0.2) is 5.82 Å². The van der Waals surface area contributed by atoms with Gasteiger partial charge in [-0.05, 0) is 18.6 Å². The van der Waals surface area contributed by atoms with E-state index in [-0.39, 0.29) is 18.4 Å². The molecule has 0 bridgehead atoms. The number of aromatic nitrogens is 3. The van der Waals surface area contributed by atoms with Crippen molar-refractivity contribution in [2.75, 3.05) is 0 Å². The fourth-order valence-electron chi connectivity index (χ4n) is 2.54. The van der Waals surface area contributed by atoms with Crippen molar-refractivity contribution in [1.29, 1.82) is 0 Å². The molecule has 3 aromatic rings. The summed E-state index contributed by atoms with van der Waals surface area (Å²) in [5, 5.41) is 8.92. The summed E-state index contributed by atoms with van der Waals surface area (Å²) in [7, 11) is 0. The van der Waals surface area contributed by atoms with Crippen LogP contribution in [0.2, 0.25) is 0 Å². The summed E-state index contributed by atoms with van der Waals surface area (Å²) in [5.74, 6) is 0.582. The molecule has 0 unspecified atom stereocenters. The van der Waals surface area contributed by atoms with Crippen molar-refractivity contribution in [3.63, 3.8) is 0 Å². The molecular weight excluding hydrogens is 393 g/mol. The zero-order chi connectivity index (χ0) is 20.3. The lowest BCUT2D eigenvalue weighted by Gasteiger charge is -2.12. The topological polar surface area (TPSA) is 80.9 Å². The average molecular weight is 410 g/mol. The molecule has 0 aliphatic rings. The van der Waals surface area contributed by atoms with Gasteiger partial charge in [0, 0.05) is 17.9 Å². The van der Waals surface area contributed by atoms with Gasteiger partial charge >= 0.3 is 6.18 Å². The Hall–Kier alpha value is -2.75. The minimum absolute atomic E-state index is 0.0461. The number of amides is 1. The normalized spacial score (nSPS) is 12.8. The molecule has 1 N–H and O–H groups in total. The van der Waals surface area contributed by atoms with Gasteiger partial charge in [-0.15, -0.1) is 11.3 Å². The van der Waals surface area contributed by atoms with Crippen LogP contribution in [0.1, 0.15) is 42.4 Å². The maximum atomic E-state index is 12.7. The van der Waals surface area contributed by atoms with Crippen LogP contribution in [0.4, 0.5) is 13.2 Å². The molecule has 0 radical (unpaired) electrons. The van der Waals surface area contributed by atoms with Crippen molar-refractivity contribution in [3.05, 3.63) is 52.6 Å². The number of benzene rings is 1. The lowest BCUT2D eigenvalue weighted by atomic mass is 10.1. The second-order valence-electron chi connectivity index (χ2n) is 6.10. The van der Waals surface area contributed by atoms with E-state index in [0.717, 1.165) is 12.1 Å². The molecule has 0 spiro atoms. The number of nitrogens with zero attached hydrogens (tertiary/aromatic N) is 3. The van der Waals surface area contributed by atoms with Crippen LogP contribution in [0, 0.1) is 6.92 Å². The number of carbonyl (C=O) groups excluding carboxylic acids is 1. The van der Waals surface area contributed by atoms with Crippen molar-refractivity contribution in [2.24, 2.45) is 0 Å². The number of hydrogen-bond donors (Lipinski definition) is 1. The van der Waals surface area contributed by atoms with Crippen LogP contribution in [0.15, 0.2) is 34.2 Å². The van der Waals surface area contributed by atoms with Gasteiger partial charge in [-0.25, -0.2) is 4.98 Å². The van der Waals surface area contributed by atoms with E-state index in [9.17, 15) is 18.0 Å². The molecule has 2 aromatic heterocycles. The number of thiazole rings is 1. The smallest absolute Gasteiger partial charge is 0.346 e. The SMILES string of the molecule is CC[C@@H](NC(=O)Cc1csc(-c2ccc(C(F)(F)F)cc2)n1)c1noc(C)n1. The highest BCUT2D eigenvalue weighted by Crippen LogP contribution is 2.31. The lowest BCUT2D eigenvalue weighted by Crippen LogP contribution is -2.30.